The van der Waals surface area contributed by atoms with Crippen LogP contribution >= 0.6 is 0 Å². The van der Waals surface area contributed by atoms with Gasteiger partial charge in [-0.1, -0.05) is 152 Å². The standard InChI is InChI=1S/C49H29N3O/c1-2-12-30(13-3-1)32-16-8-17-33(28-32)47-50-48(34-26-27-36-37-21-9-14-31-15-10-22-39(45(31)37)42(36)29-34)52-49(51-47)40-19-5-4-18-35(40)38-23-11-25-44-46(38)41-20-6-7-24-43(41)53-44/h1-29H. The van der Waals surface area contributed by atoms with Gasteiger partial charge < -0.3 is 4.42 Å². The molecule has 0 spiro atoms. The fourth-order valence-corrected chi connectivity index (χ4v) is 8.07. The largest absolute Gasteiger partial charge is 0.456 e. The van der Waals surface area contributed by atoms with Gasteiger partial charge in [0.1, 0.15) is 11.2 Å². The van der Waals surface area contributed by atoms with Crippen LogP contribution in [0.1, 0.15) is 0 Å². The van der Waals surface area contributed by atoms with Crippen molar-refractivity contribution in [3.63, 3.8) is 0 Å². The molecule has 0 N–H and O–H groups in total. The summed E-state index contributed by atoms with van der Waals surface area (Å²) in [6, 6.07) is 61.5. The summed E-state index contributed by atoms with van der Waals surface area (Å²) >= 11 is 0. The molecule has 4 heteroatoms. The molecule has 4 nitrogen and oxygen atoms in total. The zero-order valence-electron chi connectivity index (χ0n) is 28.5. The molecule has 0 saturated heterocycles. The number of rotatable bonds is 5. The van der Waals surface area contributed by atoms with E-state index >= 15 is 0 Å². The van der Waals surface area contributed by atoms with E-state index in [1.165, 1.54) is 33.0 Å². The highest BCUT2D eigenvalue weighted by atomic mass is 16.3. The summed E-state index contributed by atoms with van der Waals surface area (Å²) in [4.78, 5) is 15.7. The van der Waals surface area contributed by atoms with Gasteiger partial charge in [0.2, 0.25) is 0 Å². The first-order chi connectivity index (χ1) is 26.3. The van der Waals surface area contributed by atoms with E-state index in [9.17, 15) is 0 Å². The van der Waals surface area contributed by atoms with Crippen LogP contribution in [0.2, 0.25) is 0 Å². The molecule has 2 heterocycles. The van der Waals surface area contributed by atoms with Crippen molar-refractivity contribution >= 4 is 32.7 Å². The van der Waals surface area contributed by atoms with E-state index in [0.717, 1.165) is 60.9 Å². The second kappa shape index (κ2) is 11.7. The minimum absolute atomic E-state index is 0.612. The van der Waals surface area contributed by atoms with Gasteiger partial charge in [0.15, 0.2) is 17.5 Å². The average molecular weight is 676 g/mol. The number of aromatic nitrogens is 3. The van der Waals surface area contributed by atoms with Crippen molar-refractivity contribution in [3.8, 4) is 78.7 Å². The topological polar surface area (TPSA) is 51.8 Å². The third-order valence-electron chi connectivity index (χ3n) is 10.5. The van der Waals surface area contributed by atoms with Crippen LogP contribution in [-0.4, -0.2) is 15.0 Å². The Morgan fingerprint density at radius 1 is 0.302 bits per heavy atom. The second-order valence-corrected chi connectivity index (χ2v) is 13.5. The Bertz CT molecular complexity index is 3060. The van der Waals surface area contributed by atoms with E-state index in [1.54, 1.807) is 0 Å². The normalized spacial score (nSPS) is 11.8. The molecule has 0 atom stereocenters. The Labute approximate surface area is 305 Å². The molecule has 0 bridgehead atoms. The molecule has 0 radical (unpaired) electrons. The monoisotopic (exact) mass is 675 g/mol. The van der Waals surface area contributed by atoms with Gasteiger partial charge in [-0.25, -0.2) is 15.0 Å². The Morgan fingerprint density at radius 3 is 1.68 bits per heavy atom. The fourth-order valence-electron chi connectivity index (χ4n) is 8.07. The lowest BCUT2D eigenvalue weighted by atomic mass is 9.95. The molecule has 0 saturated carbocycles. The lowest BCUT2D eigenvalue weighted by molar-refractivity contribution is 0.669. The van der Waals surface area contributed by atoms with Crippen molar-refractivity contribution < 1.29 is 4.42 Å². The van der Waals surface area contributed by atoms with Crippen LogP contribution in [-0.2, 0) is 0 Å². The number of nitrogens with zero attached hydrogens (tertiary/aromatic N) is 3. The molecular formula is C49H29N3O. The average Bonchev–Trinajstić information content (AvgIpc) is 3.78. The molecule has 53 heavy (non-hydrogen) atoms. The van der Waals surface area contributed by atoms with Crippen LogP contribution in [0.25, 0.3) is 111 Å². The molecule has 0 fully saturated rings. The first-order valence-corrected chi connectivity index (χ1v) is 17.9. The highest BCUT2D eigenvalue weighted by Crippen LogP contribution is 2.48. The van der Waals surface area contributed by atoms with Crippen LogP contribution in [0.15, 0.2) is 180 Å². The maximum atomic E-state index is 6.30. The molecule has 1 aliphatic carbocycles. The summed E-state index contributed by atoms with van der Waals surface area (Å²) in [5, 5.41) is 4.70. The van der Waals surface area contributed by atoms with Gasteiger partial charge in [0, 0.05) is 27.5 Å². The molecule has 2 aromatic heterocycles. The lowest BCUT2D eigenvalue weighted by Gasteiger charge is -2.14. The Kier molecular flexibility index (Phi) is 6.52. The quantitative estimate of drug-likeness (QED) is 0.182. The predicted octanol–water partition coefficient (Wildman–Crippen LogP) is 12.9. The van der Waals surface area contributed by atoms with E-state index in [2.05, 4.69) is 152 Å². The molecule has 1 aliphatic rings. The molecule has 11 rings (SSSR count). The predicted molar refractivity (Wildman–Crippen MR) is 216 cm³/mol. The van der Waals surface area contributed by atoms with Gasteiger partial charge in [-0.15, -0.1) is 0 Å². The molecule has 0 unspecified atom stereocenters. The van der Waals surface area contributed by atoms with Crippen molar-refractivity contribution in [1.29, 1.82) is 0 Å². The Morgan fingerprint density at radius 2 is 0.849 bits per heavy atom. The molecule has 10 aromatic rings. The van der Waals surface area contributed by atoms with Crippen LogP contribution in [0.4, 0.5) is 0 Å². The van der Waals surface area contributed by atoms with E-state index in [1.807, 2.05) is 24.3 Å². The summed E-state index contributed by atoms with van der Waals surface area (Å²) in [6.45, 7) is 0. The van der Waals surface area contributed by atoms with Gasteiger partial charge in [-0.2, -0.15) is 0 Å². The summed E-state index contributed by atoms with van der Waals surface area (Å²) in [5.41, 5.74) is 13.8. The van der Waals surface area contributed by atoms with Gasteiger partial charge >= 0.3 is 0 Å². The second-order valence-electron chi connectivity index (χ2n) is 13.5. The molecule has 0 amide bonds. The Balaban J connectivity index is 1.13. The van der Waals surface area contributed by atoms with E-state index in [0.29, 0.717) is 17.5 Å². The first kappa shape index (κ1) is 29.5. The summed E-state index contributed by atoms with van der Waals surface area (Å²) < 4.78 is 6.30. The molecular weight excluding hydrogens is 647 g/mol. The van der Waals surface area contributed by atoms with E-state index in [-0.39, 0.29) is 0 Å². The highest BCUT2D eigenvalue weighted by Gasteiger charge is 2.23. The van der Waals surface area contributed by atoms with Crippen LogP contribution in [0, 0.1) is 0 Å². The van der Waals surface area contributed by atoms with Gasteiger partial charge in [0.05, 0.1) is 0 Å². The zero-order valence-corrected chi connectivity index (χ0v) is 28.5. The maximum Gasteiger partial charge on any atom is 0.164 e. The van der Waals surface area contributed by atoms with Gasteiger partial charge in [-0.3, -0.25) is 0 Å². The number of para-hydroxylation sites is 1. The van der Waals surface area contributed by atoms with E-state index in [4.69, 9.17) is 19.4 Å². The van der Waals surface area contributed by atoms with Crippen molar-refractivity contribution in [3.05, 3.63) is 176 Å². The van der Waals surface area contributed by atoms with Crippen LogP contribution in [0.5, 0.6) is 0 Å². The number of benzene rings is 8. The third-order valence-corrected chi connectivity index (χ3v) is 10.5. The zero-order chi connectivity index (χ0) is 34.9. The smallest absolute Gasteiger partial charge is 0.164 e. The lowest BCUT2D eigenvalue weighted by Crippen LogP contribution is -2.01. The van der Waals surface area contributed by atoms with Crippen LogP contribution in [0.3, 0.4) is 0 Å². The van der Waals surface area contributed by atoms with Crippen LogP contribution < -0.4 is 0 Å². The fraction of sp³-hybridized carbons (Fsp3) is 0. The number of fused-ring (bicyclic) bond motifs is 6. The first-order valence-electron chi connectivity index (χ1n) is 17.9. The minimum atomic E-state index is 0.612. The van der Waals surface area contributed by atoms with Gasteiger partial charge in [-0.05, 0) is 79.5 Å². The molecule has 0 aliphatic heterocycles. The Hall–Kier alpha value is -7.17. The van der Waals surface area contributed by atoms with Crippen molar-refractivity contribution in [2.45, 2.75) is 0 Å². The SMILES string of the molecule is c1ccc(-c2cccc(-c3nc(-c4ccc5c(c4)-c4cccc6cccc-5c46)nc(-c4ccccc4-c4cccc5oc6ccccc6c45)n3)c2)cc1. The van der Waals surface area contributed by atoms with Gasteiger partial charge in [0.25, 0.3) is 0 Å². The van der Waals surface area contributed by atoms with E-state index < -0.39 is 0 Å². The van der Waals surface area contributed by atoms with Crippen molar-refractivity contribution in [1.82, 2.24) is 15.0 Å². The number of furan rings is 1. The summed E-state index contributed by atoms with van der Waals surface area (Å²) in [6.07, 6.45) is 0. The van der Waals surface area contributed by atoms with Crippen molar-refractivity contribution in [2.24, 2.45) is 0 Å². The molecule has 246 valence electrons. The number of hydrogen-bond acceptors (Lipinski definition) is 4. The summed E-state index contributed by atoms with van der Waals surface area (Å²) in [5.74, 6) is 1.86. The van der Waals surface area contributed by atoms with Crippen molar-refractivity contribution in [2.75, 3.05) is 0 Å². The minimum Gasteiger partial charge on any atom is -0.456 e. The summed E-state index contributed by atoms with van der Waals surface area (Å²) in [7, 11) is 0. The molecule has 8 aromatic carbocycles. The number of hydrogen-bond donors (Lipinski definition) is 0. The third kappa shape index (κ3) is 4.73. The highest BCUT2D eigenvalue weighted by molar-refractivity contribution is 6.16. The maximum absolute atomic E-state index is 6.30.